The van der Waals surface area contributed by atoms with Crippen LogP contribution in [0.25, 0.3) is 0 Å². The van der Waals surface area contributed by atoms with Crippen molar-refractivity contribution in [3.63, 3.8) is 0 Å². The molecule has 0 aliphatic heterocycles. The van der Waals surface area contributed by atoms with Gasteiger partial charge in [0, 0.05) is 18.1 Å². The van der Waals surface area contributed by atoms with E-state index in [1.165, 1.54) is 0 Å². The van der Waals surface area contributed by atoms with Crippen LogP contribution in [0.3, 0.4) is 0 Å². The van der Waals surface area contributed by atoms with Gasteiger partial charge in [0.2, 0.25) is 0 Å². The Bertz CT molecular complexity index is 378. The Morgan fingerprint density at radius 1 is 1.05 bits per heavy atom. The van der Waals surface area contributed by atoms with Crippen molar-refractivity contribution in [2.75, 3.05) is 43.4 Å². The monoisotopic (exact) mass is 283 g/mol. The first kappa shape index (κ1) is 16.1. The maximum Gasteiger partial charge on any atom is 0.0614 e. The maximum absolute atomic E-state index is 6.06. The first-order chi connectivity index (χ1) is 9.12. The molecule has 0 amide bonds. The van der Waals surface area contributed by atoms with Gasteiger partial charge in [0.1, 0.15) is 0 Å². The van der Waals surface area contributed by atoms with Crippen LogP contribution in [0.1, 0.15) is 27.2 Å². The molecule has 0 atom stereocenters. The third kappa shape index (κ3) is 4.92. The van der Waals surface area contributed by atoms with Gasteiger partial charge in [0.05, 0.1) is 11.4 Å². The second-order valence-electron chi connectivity index (χ2n) is 4.66. The maximum atomic E-state index is 6.06. The van der Waals surface area contributed by atoms with Gasteiger partial charge >= 0.3 is 0 Å². The van der Waals surface area contributed by atoms with Gasteiger partial charge in [-0.25, -0.2) is 0 Å². The Balaban J connectivity index is 2.60. The van der Waals surface area contributed by atoms with Crippen molar-refractivity contribution < 1.29 is 0 Å². The molecular formula is C15H26ClN3. The quantitative estimate of drug-likeness (QED) is 0.742. The molecule has 0 bridgehead atoms. The molecule has 108 valence electrons. The number of anilines is 2. The number of rotatable bonds is 8. The van der Waals surface area contributed by atoms with Crippen molar-refractivity contribution in [3.05, 3.63) is 23.2 Å². The molecule has 0 unspecified atom stereocenters. The molecule has 0 radical (unpaired) electrons. The fraction of sp³-hybridized carbons (Fsp3) is 0.600. The Morgan fingerprint density at radius 2 is 1.74 bits per heavy atom. The lowest BCUT2D eigenvalue weighted by atomic mass is 10.2. The number of nitrogens with two attached hydrogens (primary N) is 1. The lowest BCUT2D eigenvalue weighted by molar-refractivity contribution is 0.301. The summed E-state index contributed by atoms with van der Waals surface area (Å²) in [5.74, 6) is 0. The summed E-state index contributed by atoms with van der Waals surface area (Å²) < 4.78 is 0. The Morgan fingerprint density at radius 3 is 2.32 bits per heavy atom. The number of halogens is 1. The molecule has 3 nitrogen and oxygen atoms in total. The van der Waals surface area contributed by atoms with Crippen LogP contribution in [-0.4, -0.2) is 37.6 Å². The van der Waals surface area contributed by atoms with Gasteiger partial charge in [-0.15, -0.1) is 0 Å². The summed E-state index contributed by atoms with van der Waals surface area (Å²) in [6.45, 7) is 11.9. The first-order valence-corrected chi connectivity index (χ1v) is 7.52. The second kappa shape index (κ2) is 8.28. The summed E-state index contributed by atoms with van der Waals surface area (Å²) in [5, 5.41) is 0.742. The highest BCUT2D eigenvalue weighted by Gasteiger charge is 2.09. The number of hydrogen-bond donors (Lipinski definition) is 1. The van der Waals surface area contributed by atoms with E-state index < -0.39 is 0 Å². The molecule has 2 N–H and O–H groups in total. The van der Waals surface area contributed by atoms with Crippen molar-refractivity contribution in [3.8, 4) is 0 Å². The third-order valence-corrected chi connectivity index (χ3v) is 3.75. The summed E-state index contributed by atoms with van der Waals surface area (Å²) in [7, 11) is 0. The molecule has 0 heterocycles. The van der Waals surface area contributed by atoms with Crippen LogP contribution < -0.4 is 10.6 Å². The van der Waals surface area contributed by atoms with E-state index in [1.807, 2.05) is 18.2 Å². The molecule has 1 aromatic rings. The van der Waals surface area contributed by atoms with Crippen LogP contribution in [0.4, 0.5) is 11.4 Å². The third-order valence-electron chi connectivity index (χ3n) is 3.51. The Kier molecular flexibility index (Phi) is 7.03. The van der Waals surface area contributed by atoms with Gasteiger partial charge in [-0.2, -0.15) is 0 Å². The van der Waals surface area contributed by atoms with Crippen molar-refractivity contribution in [1.29, 1.82) is 0 Å². The van der Waals surface area contributed by atoms with Crippen LogP contribution in [0.15, 0.2) is 18.2 Å². The zero-order chi connectivity index (χ0) is 14.3. The summed E-state index contributed by atoms with van der Waals surface area (Å²) in [6, 6.07) is 5.67. The largest absolute Gasteiger partial charge is 0.397 e. The van der Waals surface area contributed by atoms with E-state index in [-0.39, 0.29) is 0 Å². The lowest BCUT2D eigenvalue weighted by Gasteiger charge is -2.26. The molecule has 19 heavy (non-hydrogen) atoms. The zero-order valence-electron chi connectivity index (χ0n) is 12.3. The van der Waals surface area contributed by atoms with Gasteiger partial charge in [-0.3, -0.25) is 0 Å². The number of nitrogen functional groups attached to an aromatic ring is 1. The second-order valence-corrected chi connectivity index (χ2v) is 5.10. The normalized spacial score (nSPS) is 11.0. The molecule has 0 fully saturated rings. The fourth-order valence-corrected chi connectivity index (χ4v) is 2.43. The summed E-state index contributed by atoms with van der Waals surface area (Å²) in [4.78, 5) is 4.74. The Labute approximate surface area is 122 Å². The zero-order valence-corrected chi connectivity index (χ0v) is 13.1. The highest BCUT2D eigenvalue weighted by molar-refractivity contribution is 6.31. The van der Waals surface area contributed by atoms with E-state index >= 15 is 0 Å². The van der Waals surface area contributed by atoms with Crippen LogP contribution >= 0.6 is 11.6 Å². The standard InChI is InChI=1S/C15H26ClN3/c1-4-18(5-2)10-7-11-19(6-3)15-12-13(16)8-9-14(15)17/h8-9,12H,4-7,10-11,17H2,1-3H3. The SMILES string of the molecule is CCN(CC)CCCN(CC)c1cc(Cl)ccc1N. The molecule has 0 aromatic heterocycles. The molecule has 1 aromatic carbocycles. The molecule has 0 aliphatic rings. The number of benzene rings is 1. The van der Waals surface area contributed by atoms with E-state index in [9.17, 15) is 0 Å². The van der Waals surface area contributed by atoms with Gasteiger partial charge < -0.3 is 15.5 Å². The van der Waals surface area contributed by atoms with Crippen LogP contribution in [-0.2, 0) is 0 Å². The van der Waals surface area contributed by atoms with Crippen molar-refractivity contribution >= 4 is 23.0 Å². The smallest absolute Gasteiger partial charge is 0.0614 e. The highest BCUT2D eigenvalue weighted by atomic mass is 35.5. The molecule has 4 heteroatoms. The summed E-state index contributed by atoms with van der Waals surface area (Å²) in [6.07, 6.45) is 1.14. The van der Waals surface area contributed by atoms with Crippen LogP contribution in [0.5, 0.6) is 0 Å². The minimum atomic E-state index is 0.742. The number of nitrogens with zero attached hydrogens (tertiary/aromatic N) is 2. The predicted octanol–water partition coefficient (Wildman–Crippen LogP) is 3.48. The average molecular weight is 284 g/mol. The molecular weight excluding hydrogens is 258 g/mol. The molecule has 0 saturated carbocycles. The van der Waals surface area contributed by atoms with Gasteiger partial charge in [0.15, 0.2) is 0 Å². The van der Waals surface area contributed by atoms with Crippen molar-refractivity contribution in [2.24, 2.45) is 0 Å². The van der Waals surface area contributed by atoms with E-state index in [0.717, 1.165) is 55.5 Å². The molecule has 0 spiro atoms. The van der Waals surface area contributed by atoms with E-state index in [2.05, 4.69) is 30.6 Å². The molecule has 0 aliphatic carbocycles. The highest BCUT2D eigenvalue weighted by Crippen LogP contribution is 2.26. The van der Waals surface area contributed by atoms with E-state index in [4.69, 9.17) is 17.3 Å². The van der Waals surface area contributed by atoms with Gasteiger partial charge in [-0.1, -0.05) is 25.4 Å². The van der Waals surface area contributed by atoms with Crippen molar-refractivity contribution in [2.45, 2.75) is 27.2 Å². The average Bonchev–Trinajstić information content (AvgIpc) is 2.42. The van der Waals surface area contributed by atoms with E-state index in [1.54, 1.807) is 0 Å². The topological polar surface area (TPSA) is 32.5 Å². The summed E-state index contributed by atoms with van der Waals surface area (Å²) in [5.41, 5.74) is 7.89. The summed E-state index contributed by atoms with van der Waals surface area (Å²) >= 11 is 6.06. The molecule has 1 rings (SSSR count). The fourth-order valence-electron chi connectivity index (χ4n) is 2.26. The number of hydrogen-bond acceptors (Lipinski definition) is 3. The lowest BCUT2D eigenvalue weighted by Crippen LogP contribution is -2.30. The minimum absolute atomic E-state index is 0.742. The first-order valence-electron chi connectivity index (χ1n) is 7.14. The Hall–Kier alpha value is -0.930. The van der Waals surface area contributed by atoms with Gasteiger partial charge in [-0.05, 0) is 51.2 Å². The van der Waals surface area contributed by atoms with Gasteiger partial charge in [0.25, 0.3) is 0 Å². The molecule has 0 saturated heterocycles. The van der Waals surface area contributed by atoms with Crippen LogP contribution in [0.2, 0.25) is 5.02 Å². The predicted molar refractivity (Wildman–Crippen MR) is 86.2 cm³/mol. The van der Waals surface area contributed by atoms with Crippen LogP contribution in [0, 0.1) is 0 Å². The minimum Gasteiger partial charge on any atom is -0.397 e. The van der Waals surface area contributed by atoms with E-state index in [0.29, 0.717) is 0 Å². The van der Waals surface area contributed by atoms with Crippen molar-refractivity contribution in [1.82, 2.24) is 4.90 Å².